The lowest BCUT2D eigenvalue weighted by molar-refractivity contribution is -0.143. The molecule has 0 bridgehead atoms. The van der Waals surface area contributed by atoms with Gasteiger partial charge in [0.15, 0.2) is 0 Å². The van der Waals surface area contributed by atoms with Gasteiger partial charge in [-0.2, -0.15) is 0 Å². The Morgan fingerprint density at radius 2 is 1.32 bits per heavy atom. The van der Waals surface area contributed by atoms with Gasteiger partial charge in [-0.1, -0.05) is 13.8 Å². The fourth-order valence-corrected chi connectivity index (χ4v) is 2.64. The molecule has 0 rings (SSSR count). The van der Waals surface area contributed by atoms with Gasteiger partial charge in [0.2, 0.25) is 17.7 Å². The number of nitrogens with one attached hydrogen (secondary N) is 3. The van der Waals surface area contributed by atoms with Crippen LogP contribution in [0.3, 0.4) is 0 Å². The lowest BCUT2D eigenvalue weighted by Gasteiger charge is -2.25. The summed E-state index contributed by atoms with van der Waals surface area (Å²) in [7, 11) is 0. The molecule has 178 valence electrons. The second-order valence-corrected chi connectivity index (χ2v) is 7.70. The summed E-state index contributed by atoms with van der Waals surface area (Å²) in [5.41, 5.74) is 11.0. The molecule has 0 radical (unpaired) electrons. The van der Waals surface area contributed by atoms with Crippen LogP contribution in [-0.4, -0.2) is 70.6 Å². The molecule has 0 aliphatic rings. The Labute approximate surface area is 181 Å². The number of amides is 3. The average molecular weight is 446 g/mol. The van der Waals surface area contributed by atoms with Crippen molar-refractivity contribution in [3.05, 3.63) is 0 Å². The van der Waals surface area contributed by atoms with Gasteiger partial charge in [-0.25, -0.2) is 4.79 Å². The van der Waals surface area contributed by atoms with Crippen molar-refractivity contribution in [3.63, 3.8) is 0 Å². The highest BCUT2D eigenvalue weighted by Gasteiger charge is 2.31. The smallest absolute Gasteiger partial charge is 0.326 e. The Kier molecular flexibility index (Phi) is 13.0. The number of carboxylic acids is 2. The summed E-state index contributed by atoms with van der Waals surface area (Å²) in [6, 6.07) is -4.38. The average Bonchev–Trinajstić information content (AvgIpc) is 2.67. The van der Waals surface area contributed by atoms with Crippen molar-refractivity contribution in [2.24, 2.45) is 17.4 Å². The third kappa shape index (κ3) is 11.3. The molecule has 0 aromatic heterocycles. The van der Waals surface area contributed by atoms with Crippen LogP contribution in [-0.2, 0) is 24.0 Å². The molecule has 0 aromatic carbocycles. The first-order valence-corrected chi connectivity index (χ1v) is 10.2. The zero-order valence-corrected chi connectivity index (χ0v) is 18.2. The van der Waals surface area contributed by atoms with Gasteiger partial charge in [0.25, 0.3) is 0 Å². The van der Waals surface area contributed by atoms with Gasteiger partial charge in [0, 0.05) is 6.42 Å². The molecule has 3 amide bonds. The van der Waals surface area contributed by atoms with Crippen LogP contribution in [0.5, 0.6) is 0 Å². The quantitative estimate of drug-likeness (QED) is 0.146. The summed E-state index contributed by atoms with van der Waals surface area (Å²) in [6.45, 7) is 5.04. The van der Waals surface area contributed by atoms with Crippen LogP contribution >= 0.6 is 0 Å². The number of hydrogen-bond acceptors (Lipinski definition) is 7. The minimum Gasteiger partial charge on any atom is -0.481 e. The number of hydrogen-bond donors (Lipinski definition) is 7. The number of nitrogens with two attached hydrogens (primary N) is 2. The molecule has 9 N–H and O–H groups in total. The van der Waals surface area contributed by atoms with Crippen LogP contribution < -0.4 is 27.4 Å². The van der Waals surface area contributed by atoms with Crippen molar-refractivity contribution < 1.29 is 34.2 Å². The number of rotatable bonds is 15. The highest BCUT2D eigenvalue weighted by atomic mass is 16.4. The lowest BCUT2D eigenvalue weighted by Crippen LogP contribution is -2.57. The zero-order chi connectivity index (χ0) is 24.1. The van der Waals surface area contributed by atoms with E-state index in [0.29, 0.717) is 19.4 Å². The molecule has 0 aliphatic carbocycles. The maximum absolute atomic E-state index is 12.7. The van der Waals surface area contributed by atoms with Gasteiger partial charge in [0.05, 0.1) is 6.04 Å². The minimum atomic E-state index is -1.22. The van der Waals surface area contributed by atoms with E-state index in [4.69, 9.17) is 16.6 Å². The fraction of sp³-hybridized carbons (Fsp3) is 0.737. The number of carboxylic acid groups (broad SMARTS) is 2. The Morgan fingerprint density at radius 1 is 0.806 bits per heavy atom. The molecule has 12 heteroatoms. The largest absolute Gasteiger partial charge is 0.481 e. The van der Waals surface area contributed by atoms with Gasteiger partial charge < -0.3 is 37.6 Å². The summed E-state index contributed by atoms with van der Waals surface area (Å²) < 4.78 is 0. The van der Waals surface area contributed by atoms with Crippen molar-refractivity contribution in [1.82, 2.24) is 16.0 Å². The zero-order valence-electron chi connectivity index (χ0n) is 18.2. The van der Waals surface area contributed by atoms with Gasteiger partial charge in [-0.3, -0.25) is 19.2 Å². The van der Waals surface area contributed by atoms with Crippen LogP contribution in [0, 0.1) is 5.92 Å². The van der Waals surface area contributed by atoms with E-state index >= 15 is 0 Å². The van der Waals surface area contributed by atoms with Gasteiger partial charge in [-0.05, 0) is 45.1 Å². The van der Waals surface area contributed by atoms with E-state index in [0.717, 1.165) is 0 Å². The summed E-state index contributed by atoms with van der Waals surface area (Å²) in [6.07, 6.45) is 0.652. The van der Waals surface area contributed by atoms with Crippen molar-refractivity contribution >= 4 is 29.7 Å². The van der Waals surface area contributed by atoms with E-state index in [9.17, 15) is 29.1 Å². The van der Waals surface area contributed by atoms with Crippen molar-refractivity contribution in [2.75, 3.05) is 6.54 Å². The number of carbonyl (C=O) groups is 5. The van der Waals surface area contributed by atoms with Crippen LogP contribution in [0.4, 0.5) is 0 Å². The first kappa shape index (κ1) is 28.3. The monoisotopic (exact) mass is 445 g/mol. The Balaban J connectivity index is 5.45. The molecular formula is C19H35N5O7. The van der Waals surface area contributed by atoms with Crippen LogP contribution in [0.2, 0.25) is 0 Å². The molecule has 0 heterocycles. The van der Waals surface area contributed by atoms with Crippen LogP contribution in [0.15, 0.2) is 0 Å². The Morgan fingerprint density at radius 3 is 1.77 bits per heavy atom. The predicted molar refractivity (Wildman–Crippen MR) is 112 cm³/mol. The van der Waals surface area contributed by atoms with E-state index in [1.807, 2.05) is 0 Å². The summed E-state index contributed by atoms with van der Waals surface area (Å²) in [5, 5.41) is 25.5. The standard InChI is InChI=1S/C19H35N5O7/c1-10(2)15(19(30)31)24-18(29)12(6-4-5-9-20)23-17(28)13(7-8-14(25)26)22-16(27)11(3)21/h10-13,15H,4-9,20-21H2,1-3H3,(H,22,27)(H,23,28)(H,24,29)(H,25,26)(H,30,31). The lowest BCUT2D eigenvalue weighted by atomic mass is 10.0. The SMILES string of the molecule is CC(N)C(=O)NC(CCC(=O)O)C(=O)NC(CCCCN)C(=O)NC(C(=O)O)C(C)C. The number of unbranched alkanes of at least 4 members (excludes halogenated alkanes) is 1. The highest BCUT2D eigenvalue weighted by molar-refractivity contribution is 5.94. The summed E-state index contributed by atoms with van der Waals surface area (Å²) >= 11 is 0. The number of carbonyl (C=O) groups excluding carboxylic acids is 3. The minimum absolute atomic E-state index is 0.187. The predicted octanol–water partition coefficient (Wildman–Crippen LogP) is -1.48. The number of aliphatic carboxylic acids is 2. The van der Waals surface area contributed by atoms with Crippen molar-refractivity contribution in [2.45, 2.75) is 77.0 Å². The van der Waals surface area contributed by atoms with E-state index in [2.05, 4.69) is 16.0 Å². The summed E-state index contributed by atoms with van der Waals surface area (Å²) in [4.78, 5) is 59.6. The first-order chi connectivity index (χ1) is 14.4. The molecule has 0 saturated heterocycles. The van der Waals surface area contributed by atoms with Gasteiger partial charge in [0.1, 0.15) is 18.1 Å². The maximum atomic E-state index is 12.7. The van der Waals surface area contributed by atoms with E-state index in [-0.39, 0.29) is 12.8 Å². The van der Waals surface area contributed by atoms with E-state index in [1.165, 1.54) is 6.92 Å². The van der Waals surface area contributed by atoms with Gasteiger partial charge in [-0.15, -0.1) is 0 Å². The second kappa shape index (κ2) is 14.3. The Hall–Kier alpha value is -2.73. The molecular weight excluding hydrogens is 410 g/mol. The van der Waals surface area contributed by atoms with Gasteiger partial charge >= 0.3 is 11.9 Å². The molecule has 12 nitrogen and oxygen atoms in total. The topological polar surface area (TPSA) is 214 Å². The van der Waals surface area contributed by atoms with Crippen LogP contribution in [0.1, 0.15) is 52.9 Å². The Bertz CT molecular complexity index is 639. The molecule has 4 atom stereocenters. The van der Waals surface area contributed by atoms with E-state index in [1.54, 1.807) is 13.8 Å². The molecule has 31 heavy (non-hydrogen) atoms. The third-order valence-corrected chi connectivity index (χ3v) is 4.50. The third-order valence-electron chi connectivity index (χ3n) is 4.50. The van der Waals surface area contributed by atoms with Crippen molar-refractivity contribution in [3.8, 4) is 0 Å². The highest BCUT2D eigenvalue weighted by Crippen LogP contribution is 2.07. The normalized spacial score (nSPS) is 14.8. The maximum Gasteiger partial charge on any atom is 0.326 e. The van der Waals surface area contributed by atoms with Crippen LogP contribution in [0.25, 0.3) is 0 Å². The molecule has 0 spiro atoms. The molecule has 0 aliphatic heterocycles. The molecule has 0 aromatic rings. The molecule has 4 unspecified atom stereocenters. The van der Waals surface area contributed by atoms with E-state index < -0.39 is 66.2 Å². The second-order valence-electron chi connectivity index (χ2n) is 7.70. The fourth-order valence-electron chi connectivity index (χ4n) is 2.64. The van der Waals surface area contributed by atoms with Crippen molar-refractivity contribution in [1.29, 1.82) is 0 Å². The summed E-state index contributed by atoms with van der Waals surface area (Å²) in [5.74, 6) is -4.87. The molecule has 0 saturated carbocycles. The first-order valence-electron chi connectivity index (χ1n) is 10.2. The molecule has 0 fully saturated rings.